The largest absolute Gasteiger partial charge is 0.454 e. The first-order valence-electron chi connectivity index (χ1n) is 8.48. The maximum absolute atomic E-state index is 5.44. The lowest BCUT2D eigenvalue weighted by molar-refractivity contribution is 0.174. The van der Waals surface area contributed by atoms with Crippen LogP contribution in [0.25, 0.3) is 0 Å². The highest BCUT2D eigenvalue weighted by atomic mass is 35.5. The maximum atomic E-state index is 5.44. The van der Waals surface area contributed by atoms with Gasteiger partial charge in [0.15, 0.2) is 11.5 Å². The molecule has 1 aromatic heterocycles. The Morgan fingerprint density at radius 3 is 2.60 bits per heavy atom. The lowest BCUT2D eigenvalue weighted by Gasteiger charge is -2.16. The summed E-state index contributed by atoms with van der Waals surface area (Å²) < 4.78 is 10.8. The fourth-order valence-corrected chi connectivity index (χ4v) is 3.09. The van der Waals surface area contributed by atoms with Crippen LogP contribution in [0.1, 0.15) is 36.9 Å². The van der Waals surface area contributed by atoms with Gasteiger partial charge in [0.1, 0.15) is 0 Å². The number of anilines is 1. The normalized spacial score (nSPS) is 16.6. The first-order chi connectivity index (χ1) is 11.8. The van der Waals surface area contributed by atoms with Crippen LogP contribution in [0.4, 0.5) is 5.95 Å². The Balaban J connectivity index is 0.00000182. The first-order valence-corrected chi connectivity index (χ1v) is 8.48. The number of hydrogen-bond donors (Lipinski definition) is 1. The molecule has 0 amide bonds. The second kappa shape index (κ2) is 7.89. The van der Waals surface area contributed by atoms with Crippen molar-refractivity contribution < 1.29 is 9.47 Å². The van der Waals surface area contributed by atoms with Gasteiger partial charge in [0.25, 0.3) is 0 Å². The van der Waals surface area contributed by atoms with Crippen molar-refractivity contribution in [3.05, 3.63) is 41.7 Å². The molecule has 7 heteroatoms. The minimum absolute atomic E-state index is 0. The second-order valence-electron chi connectivity index (χ2n) is 6.30. The molecule has 0 radical (unpaired) electrons. The Morgan fingerprint density at radius 1 is 1.12 bits per heavy atom. The molecule has 25 heavy (non-hydrogen) atoms. The molecule has 4 rings (SSSR count). The van der Waals surface area contributed by atoms with E-state index in [1.165, 1.54) is 18.4 Å². The predicted molar refractivity (Wildman–Crippen MR) is 98.5 cm³/mol. The monoisotopic (exact) mass is 362 g/mol. The lowest BCUT2D eigenvalue weighted by atomic mass is 10.1. The van der Waals surface area contributed by atoms with Crippen molar-refractivity contribution in [3.8, 4) is 11.5 Å². The van der Waals surface area contributed by atoms with Gasteiger partial charge in [-0.3, -0.25) is 0 Å². The molecule has 2 aliphatic heterocycles. The molecule has 1 N–H and O–H groups in total. The van der Waals surface area contributed by atoms with Gasteiger partial charge in [-0.05, 0) is 37.5 Å². The molecule has 1 fully saturated rings. The third-order valence-corrected chi connectivity index (χ3v) is 4.59. The number of hydrogen-bond acceptors (Lipinski definition) is 6. The van der Waals surface area contributed by atoms with E-state index >= 15 is 0 Å². The van der Waals surface area contributed by atoms with Crippen LogP contribution in [-0.2, 0) is 6.54 Å². The standard InChI is InChI=1S/C18H22N4O2.ClH/c1-13(15-4-5-16-17(8-15)24-12-23-16)19-9-14-10-20-18(21-11-14)22-6-2-3-7-22;/h4-5,8,10-11,13,19H,2-3,6-7,9,12H2,1H3;1H. The number of rotatable bonds is 5. The average molecular weight is 363 g/mol. The Kier molecular flexibility index (Phi) is 5.60. The first kappa shape index (κ1) is 17.8. The van der Waals surface area contributed by atoms with Gasteiger partial charge >= 0.3 is 0 Å². The lowest BCUT2D eigenvalue weighted by Crippen LogP contribution is -2.21. The molecule has 1 atom stereocenters. The Hall–Kier alpha value is -2.05. The Bertz CT molecular complexity index is 705. The predicted octanol–water partition coefficient (Wildman–Crippen LogP) is 3.08. The van der Waals surface area contributed by atoms with Gasteiger partial charge in [-0.25, -0.2) is 9.97 Å². The van der Waals surface area contributed by atoms with Crippen LogP contribution in [0.3, 0.4) is 0 Å². The number of nitrogens with zero attached hydrogens (tertiary/aromatic N) is 3. The van der Waals surface area contributed by atoms with Gasteiger partial charge in [-0.2, -0.15) is 0 Å². The van der Waals surface area contributed by atoms with E-state index in [-0.39, 0.29) is 18.4 Å². The topological polar surface area (TPSA) is 59.5 Å². The van der Waals surface area contributed by atoms with Crippen LogP contribution < -0.4 is 19.7 Å². The fourth-order valence-electron chi connectivity index (χ4n) is 3.09. The minimum Gasteiger partial charge on any atom is -0.454 e. The van der Waals surface area contributed by atoms with Gasteiger partial charge in [0.2, 0.25) is 12.7 Å². The molecule has 1 aromatic carbocycles. The molecule has 1 saturated heterocycles. The average Bonchev–Trinajstić information content (AvgIpc) is 3.30. The van der Waals surface area contributed by atoms with Gasteiger partial charge in [-0.15, -0.1) is 12.4 Å². The fraction of sp³-hybridized carbons (Fsp3) is 0.444. The van der Waals surface area contributed by atoms with Crippen molar-refractivity contribution in [2.75, 3.05) is 24.8 Å². The summed E-state index contributed by atoms with van der Waals surface area (Å²) in [5, 5.41) is 3.51. The van der Waals surface area contributed by atoms with E-state index in [1.54, 1.807) is 0 Å². The highest BCUT2D eigenvalue weighted by Gasteiger charge is 2.16. The SMILES string of the molecule is CC(NCc1cnc(N2CCCC2)nc1)c1ccc2c(c1)OCO2.Cl. The minimum atomic E-state index is 0. The molecule has 0 aliphatic carbocycles. The third-order valence-electron chi connectivity index (χ3n) is 4.59. The zero-order valence-electron chi connectivity index (χ0n) is 14.3. The zero-order valence-corrected chi connectivity index (χ0v) is 15.1. The van der Waals surface area contributed by atoms with Crippen LogP contribution >= 0.6 is 12.4 Å². The van der Waals surface area contributed by atoms with Crippen molar-refractivity contribution in [3.63, 3.8) is 0 Å². The van der Waals surface area contributed by atoms with Gasteiger partial charge in [0.05, 0.1) is 0 Å². The summed E-state index contributed by atoms with van der Waals surface area (Å²) in [7, 11) is 0. The molecular formula is C18H23ClN4O2. The smallest absolute Gasteiger partial charge is 0.231 e. The van der Waals surface area contributed by atoms with Crippen LogP contribution in [0, 0.1) is 0 Å². The molecule has 3 heterocycles. The van der Waals surface area contributed by atoms with Crippen LogP contribution in [0.2, 0.25) is 0 Å². The van der Waals surface area contributed by atoms with Crippen LogP contribution in [-0.4, -0.2) is 29.9 Å². The van der Waals surface area contributed by atoms with Gasteiger partial charge in [0, 0.05) is 43.6 Å². The number of benzene rings is 1. The summed E-state index contributed by atoms with van der Waals surface area (Å²) in [5.74, 6) is 2.48. The molecule has 1 unspecified atom stereocenters. The molecule has 134 valence electrons. The summed E-state index contributed by atoms with van der Waals surface area (Å²) in [6.45, 7) is 5.31. The van der Waals surface area contributed by atoms with E-state index in [4.69, 9.17) is 9.47 Å². The molecule has 0 saturated carbocycles. The van der Waals surface area contributed by atoms with Crippen molar-refractivity contribution >= 4 is 18.4 Å². The third kappa shape index (κ3) is 3.96. The zero-order chi connectivity index (χ0) is 16.4. The van der Waals surface area contributed by atoms with Crippen molar-refractivity contribution in [2.45, 2.75) is 32.4 Å². The Morgan fingerprint density at radius 2 is 1.84 bits per heavy atom. The van der Waals surface area contributed by atoms with E-state index in [0.717, 1.165) is 42.6 Å². The van der Waals surface area contributed by atoms with Crippen LogP contribution in [0.5, 0.6) is 11.5 Å². The van der Waals surface area contributed by atoms with Crippen molar-refractivity contribution in [1.82, 2.24) is 15.3 Å². The maximum Gasteiger partial charge on any atom is 0.231 e. The number of ether oxygens (including phenoxy) is 2. The summed E-state index contributed by atoms with van der Waals surface area (Å²) in [6, 6.07) is 6.27. The molecule has 6 nitrogen and oxygen atoms in total. The van der Waals surface area contributed by atoms with Crippen molar-refractivity contribution in [1.29, 1.82) is 0 Å². The quantitative estimate of drug-likeness (QED) is 0.882. The Labute approximate surface area is 154 Å². The molecular weight excluding hydrogens is 340 g/mol. The number of nitrogens with one attached hydrogen (secondary N) is 1. The summed E-state index contributed by atoms with van der Waals surface area (Å²) in [4.78, 5) is 11.2. The molecule has 0 bridgehead atoms. The molecule has 0 spiro atoms. The summed E-state index contributed by atoms with van der Waals surface area (Å²) in [6.07, 6.45) is 6.31. The summed E-state index contributed by atoms with van der Waals surface area (Å²) in [5.41, 5.74) is 2.26. The van der Waals surface area contributed by atoms with Crippen molar-refractivity contribution in [2.24, 2.45) is 0 Å². The summed E-state index contributed by atoms with van der Waals surface area (Å²) >= 11 is 0. The van der Waals surface area contributed by atoms with Crippen LogP contribution in [0.15, 0.2) is 30.6 Å². The highest BCUT2D eigenvalue weighted by Crippen LogP contribution is 2.34. The van der Waals surface area contributed by atoms with E-state index in [2.05, 4.69) is 33.2 Å². The molecule has 2 aliphatic rings. The van der Waals surface area contributed by atoms with E-state index in [0.29, 0.717) is 6.79 Å². The number of halogens is 1. The van der Waals surface area contributed by atoms with Gasteiger partial charge < -0.3 is 19.7 Å². The van der Waals surface area contributed by atoms with Gasteiger partial charge in [-0.1, -0.05) is 6.07 Å². The highest BCUT2D eigenvalue weighted by molar-refractivity contribution is 5.85. The van der Waals surface area contributed by atoms with E-state index in [9.17, 15) is 0 Å². The number of fused-ring (bicyclic) bond motifs is 1. The molecule has 2 aromatic rings. The van der Waals surface area contributed by atoms with E-state index < -0.39 is 0 Å². The number of aromatic nitrogens is 2. The van der Waals surface area contributed by atoms with E-state index in [1.807, 2.05) is 24.5 Å². The second-order valence-corrected chi connectivity index (χ2v) is 6.30.